The van der Waals surface area contributed by atoms with Gasteiger partial charge in [-0.15, -0.1) is 0 Å². The normalized spacial score (nSPS) is 25.4. The summed E-state index contributed by atoms with van der Waals surface area (Å²) in [7, 11) is 2.22. The number of hydrogen-bond donors (Lipinski definition) is 1. The summed E-state index contributed by atoms with van der Waals surface area (Å²) in [5, 5.41) is 10.6. The number of phenols is 1. The molecule has 0 amide bonds. The Morgan fingerprint density at radius 1 is 1.17 bits per heavy atom. The van der Waals surface area contributed by atoms with Crippen molar-refractivity contribution in [2.24, 2.45) is 0 Å². The SMILES string of the molecule is CN1CCc2cc(Cl)c(O)cc2C2c3ccccc3C(C)(C)C21. The van der Waals surface area contributed by atoms with Crippen molar-refractivity contribution in [1.82, 2.24) is 4.90 Å². The number of nitrogens with zero attached hydrogens (tertiary/aromatic N) is 1. The minimum atomic E-state index is 0.0763. The molecular weight excluding hydrogens is 306 g/mol. The van der Waals surface area contributed by atoms with E-state index in [-0.39, 0.29) is 17.1 Å². The van der Waals surface area contributed by atoms with Crippen LogP contribution in [0.1, 0.15) is 42.0 Å². The molecular formula is C20H22ClNO. The molecule has 2 aliphatic rings. The molecule has 23 heavy (non-hydrogen) atoms. The first-order valence-electron chi connectivity index (χ1n) is 8.22. The molecule has 0 saturated heterocycles. The summed E-state index contributed by atoms with van der Waals surface area (Å²) in [4.78, 5) is 2.48. The van der Waals surface area contributed by atoms with Crippen LogP contribution >= 0.6 is 11.6 Å². The van der Waals surface area contributed by atoms with E-state index in [1.54, 1.807) is 0 Å². The van der Waals surface area contributed by atoms with Crippen molar-refractivity contribution in [1.29, 1.82) is 0 Å². The number of benzene rings is 2. The summed E-state index contributed by atoms with van der Waals surface area (Å²) in [5.74, 6) is 0.475. The van der Waals surface area contributed by atoms with Crippen LogP contribution in [0.25, 0.3) is 0 Å². The lowest BCUT2D eigenvalue weighted by molar-refractivity contribution is 0.173. The van der Waals surface area contributed by atoms with E-state index in [4.69, 9.17) is 11.6 Å². The molecule has 2 atom stereocenters. The average Bonchev–Trinajstić information content (AvgIpc) is 2.66. The molecule has 1 aliphatic carbocycles. The van der Waals surface area contributed by atoms with Crippen molar-refractivity contribution >= 4 is 11.6 Å². The van der Waals surface area contributed by atoms with Crippen molar-refractivity contribution in [3.8, 4) is 5.75 Å². The van der Waals surface area contributed by atoms with Crippen LogP contribution in [0.15, 0.2) is 36.4 Å². The number of phenolic OH excluding ortho intramolecular Hbond substituents is 1. The Hall–Kier alpha value is -1.51. The molecule has 2 nitrogen and oxygen atoms in total. The fourth-order valence-corrected chi connectivity index (χ4v) is 4.99. The Balaban J connectivity index is 2.01. The maximum atomic E-state index is 10.2. The second kappa shape index (κ2) is 4.99. The smallest absolute Gasteiger partial charge is 0.134 e. The predicted octanol–water partition coefficient (Wildman–Crippen LogP) is 4.33. The molecule has 1 heterocycles. The summed E-state index contributed by atoms with van der Waals surface area (Å²) in [6, 6.07) is 13.0. The number of rotatable bonds is 0. The van der Waals surface area contributed by atoms with Crippen LogP contribution < -0.4 is 0 Å². The molecule has 2 unspecified atom stereocenters. The Morgan fingerprint density at radius 2 is 1.91 bits per heavy atom. The molecule has 0 radical (unpaired) electrons. The fourth-order valence-electron chi connectivity index (χ4n) is 4.81. The van der Waals surface area contributed by atoms with Crippen LogP contribution in [0.4, 0.5) is 0 Å². The summed E-state index contributed by atoms with van der Waals surface area (Å²) in [5.41, 5.74) is 5.38. The molecule has 3 heteroatoms. The highest BCUT2D eigenvalue weighted by Gasteiger charge is 2.49. The highest BCUT2D eigenvalue weighted by atomic mass is 35.5. The second-order valence-corrected chi connectivity index (χ2v) is 7.87. The third-order valence-corrected chi connectivity index (χ3v) is 6.10. The first-order valence-corrected chi connectivity index (χ1v) is 8.60. The standard InChI is InChI=1S/C20H22ClNO/c1-20(2)15-7-5-4-6-13(15)18-14-11-17(23)16(21)10-12(14)8-9-22(3)19(18)20/h4-7,10-11,18-19,23H,8-9H2,1-3H3. The lowest BCUT2D eigenvalue weighted by Gasteiger charge is -2.37. The summed E-state index contributed by atoms with van der Waals surface area (Å²) in [6.07, 6.45) is 0.969. The highest BCUT2D eigenvalue weighted by Crippen LogP contribution is 2.53. The molecule has 0 fully saturated rings. The largest absolute Gasteiger partial charge is 0.506 e. The molecule has 0 bridgehead atoms. The average molecular weight is 328 g/mol. The maximum absolute atomic E-state index is 10.2. The molecule has 120 valence electrons. The van der Waals surface area contributed by atoms with Crippen molar-refractivity contribution in [3.63, 3.8) is 0 Å². The Morgan fingerprint density at radius 3 is 2.70 bits per heavy atom. The number of fused-ring (bicyclic) bond motifs is 5. The Bertz CT molecular complexity index is 783. The van der Waals surface area contributed by atoms with Gasteiger partial charge in [0.15, 0.2) is 0 Å². The van der Waals surface area contributed by atoms with E-state index >= 15 is 0 Å². The van der Waals surface area contributed by atoms with Gasteiger partial charge in [-0.25, -0.2) is 0 Å². The first kappa shape index (κ1) is 15.0. The van der Waals surface area contributed by atoms with Gasteiger partial charge in [0.1, 0.15) is 5.75 Å². The Kier molecular flexibility index (Phi) is 3.26. The van der Waals surface area contributed by atoms with Gasteiger partial charge in [0.05, 0.1) is 5.02 Å². The van der Waals surface area contributed by atoms with Gasteiger partial charge in [-0.2, -0.15) is 0 Å². The lowest BCUT2D eigenvalue weighted by Crippen LogP contribution is -2.45. The van der Waals surface area contributed by atoms with Crippen molar-refractivity contribution < 1.29 is 5.11 Å². The van der Waals surface area contributed by atoms with E-state index in [9.17, 15) is 5.11 Å². The van der Waals surface area contributed by atoms with Gasteiger partial charge in [0.25, 0.3) is 0 Å². The lowest BCUT2D eigenvalue weighted by atomic mass is 9.79. The number of aromatic hydroxyl groups is 1. The maximum Gasteiger partial charge on any atom is 0.134 e. The van der Waals surface area contributed by atoms with Gasteiger partial charge in [-0.1, -0.05) is 49.7 Å². The topological polar surface area (TPSA) is 23.5 Å². The van der Waals surface area contributed by atoms with E-state index in [2.05, 4.69) is 50.1 Å². The van der Waals surface area contributed by atoms with E-state index in [0.717, 1.165) is 13.0 Å². The van der Waals surface area contributed by atoms with E-state index in [1.807, 2.05) is 12.1 Å². The quantitative estimate of drug-likeness (QED) is 0.778. The summed E-state index contributed by atoms with van der Waals surface area (Å²) in [6.45, 7) is 5.69. The van der Waals surface area contributed by atoms with Crippen molar-refractivity contribution in [2.45, 2.75) is 37.6 Å². The summed E-state index contributed by atoms with van der Waals surface area (Å²) < 4.78 is 0. The number of halogens is 1. The number of hydrogen-bond acceptors (Lipinski definition) is 2. The van der Waals surface area contributed by atoms with Crippen molar-refractivity contribution in [3.05, 3.63) is 63.7 Å². The zero-order chi connectivity index (χ0) is 16.4. The van der Waals surface area contributed by atoms with Gasteiger partial charge in [-0.3, -0.25) is 0 Å². The molecule has 0 saturated carbocycles. The molecule has 4 rings (SSSR count). The van der Waals surface area contributed by atoms with E-state index in [0.29, 0.717) is 11.1 Å². The molecule has 2 aromatic rings. The van der Waals surface area contributed by atoms with Gasteiger partial charge >= 0.3 is 0 Å². The van der Waals surface area contributed by atoms with Crippen LogP contribution in [0.2, 0.25) is 5.02 Å². The zero-order valence-electron chi connectivity index (χ0n) is 13.8. The van der Waals surface area contributed by atoms with Gasteiger partial charge in [0, 0.05) is 23.9 Å². The van der Waals surface area contributed by atoms with Crippen LogP contribution in [0.3, 0.4) is 0 Å². The fraction of sp³-hybridized carbons (Fsp3) is 0.400. The minimum Gasteiger partial charge on any atom is -0.506 e. The summed E-state index contributed by atoms with van der Waals surface area (Å²) >= 11 is 6.17. The monoisotopic (exact) mass is 327 g/mol. The van der Waals surface area contributed by atoms with Crippen LogP contribution in [-0.2, 0) is 11.8 Å². The number of likely N-dealkylation sites (N-methyl/N-ethyl adjacent to an activating group) is 1. The van der Waals surface area contributed by atoms with Gasteiger partial charge in [-0.05, 0) is 47.9 Å². The third kappa shape index (κ3) is 2.05. The zero-order valence-corrected chi connectivity index (χ0v) is 14.6. The molecule has 0 aromatic heterocycles. The van der Waals surface area contributed by atoms with Crippen LogP contribution in [0, 0.1) is 0 Å². The molecule has 0 spiro atoms. The van der Waals surface area contributed by atoms with Gasteiger partial charge < -0.3 is 10.0 Å². The van der Waals surface area contributed by atoms with Crippen LogP contribution in [0.5, 0.6) is 5.75 Å². The van der Waals surface area contributed by atoms with Crippen molar-refractivity contribution in [2.75, 3.05) is 13.6 Å². The highest BCUT2D eigenvalue weighted by molar-refractivity contribution is 6.32. The minimum absolute atomic E-state index is 0.0763. The molecule has 2 aromatic carbocycles. The first-order chi connectivity index (χ1) is 10.9. The molecule has 1 aliphatic heterocycles. The molecule has 1 N–H and O–H groups in total. The van der Waals surface area contributed by atoms with E-state index < -0.39 is 0 Å². The third-order valence-electron chi connectivity index (χ3n) is 5.80. The van der Waals surface area contributed by atoms with E-state index in [1.165, 1.54) is 22.3 Å². The second-order valence-electron chi connectivity index (χ2n) is 7.46. The van der Waals surface area contributed by atoms with Gasteiger partial charge in [0.2, 0.25) is 0 Å². The Labute approximate surface area is 142 Å². The predicted molar refractivity (Wildman–Crippen MR) is 94.5 cm³/mol. The van der Waals surface area contributed by atoms with Crippen LogP contribution in [-0.4, -0.2) is 29.6 Å².